The molecule has 3 aromatic rings. The Morgan fingerprint density at radius 1 is 1.19 bits per heavy atom. The summed E-state index contributed by atoms with van der Waals surface area (Å²) in [6, 6.07) is 8.41. The fraction of sp³-hybridized carbons (Fsp3) is 0.235. The van der Waals surface area contributed by atoms with Crippen molar-refractivity contribution in [3.8, 4) is 11.3 Å². The highest BCUT2D eigenvalue weighted by Crippen LogP contribution is 2.27. The van der Waals surface area contributed by atoms with Crippen molar-refractivity contribution in [3.05, 3.63) is 65.0 Å². The summed E-state index contributed by atoms with van der Waals surface area (Å²) in [5.74, 6) is -0.399. The van der Waals surface area contributed by atoms with E-state index in [1.54, 1.807) is 19.2 Å². The number of hydrogen-bond donors (Lipinski definition) is 0. The lowest BCUT2D eigenvalue weighted by atomic mass is 10.1. The number of aromatic nitrogens is 4. The van der Waals surface area contributed by atoms with Crippen molar-refractivity contribution in [2.24, 2.45) is 7.05 Å². The Hall–Kier alpha value is -2.85. The number of halogens is 1. The van der Waals surface area contributed by atoms with E-state index in [0.717, 1.165) is 0 Å². The number of aryl methyl sites for hydroxylation is 1. The van der Waals surface area contributed by atoms with E-state index < -0.39 is 15.8 Å². The maximum atomic E-state index is 13.4. The molecule has 0 atom stereocenters. The van der Waals surface area contributed by atoms with Crippen molar-refractivity contribution >= 4 is 10.0 Å². The summed E-state index contributed by atoms with van der Waals surface area (Å²) in [6.45, 7) is 0.271. The van der Waals surface area contributed by atoms with Crippen molar-refractivity contribution in [1.82, 2.24) is 23.9 Å². The van der Waals surface area contributed by atoms with Gasteiger partial charge >= 0.3 is 0 Å². The molecule has 140 valence electrons. The second-order valence-electron chi connectivity index (χ2n) is 6.34. The Balaban J connectivity index is 1.57. The van der Waals surface area contributed by atoms with E-state index in [1.165, 1.54) is 50.3 Å². The number of rotatable bonds is 4. The van der Waals surface area contributed by atoms with Crippen LogP contribution in [0.25, 0.3) is 11.3 Å². The van der Waals surface area contributed by atoms with Gasteiger partial charge in [0.05, 0.1) is 17.9 Å². The molecule has 1 aliphatic rings. The van der Waals surface area contributed by atoms with Crippen LogP contribution in [0.1, 0.15) is 6.04 Å². The molecule has 8 nitrogen and oxygen atoms in total. The van der Waals surface area contributed by atoms with Crippen LogP contribution in [-0.2, 0) is 17.1 Å². The summed E-state index contributed by atoms with van der Waals surface area (Å²) in [5, 5.41) is 8.18. The fourth-order valence-corrected chi connectivity index (χ4v) is 4.44. The molecular weight excluding hydrogens is 373 g/mol. The lowest BCUT2D eigenvalue weighted by molar-refractivity contribution is 0.186. The van der Waals surface area contributed by atoms with Crippen LogP contribution in [0, 0.1) is 5.82 Å². The SMILES string of the molecule is Cn1cc(S(=O)(=O)N2CC(n3nc(-c4cccc(F)c4)ccc3=O)C2)cn1. The minimum atomic E-state index is -3.65. The van der Waals surface area contributed by atoms with Crippen LogP contribution in [0.4, 0.5) is 4.39 Å². The van der Waals surface area contributed by atoms with Crippen molar-refractivity contribution in [3.63, 3.8) is 0 Å². The van der Waals surface area contributed by atoms with Crippen LogP contribution in [0.5, 0.6) is 0 Å². The summed E-state index contributed by atoms with van der Waals surface area (Å²) in [5.41, 5.74) is 0.657. The molecule has 0 saturated carbocycles. The smallest absolute Gasteiger partial charge is 0.267 e. The average Bonchev–Trinajstić information content (AvgIpc) is 3.02. The molecule has 2 aromatic heterocycles. The number of sulfonamides is 1. The average molecular weight is 389 g/mol. The van der Waals surface area contributed by atoms with Crippen LogP contribution >= 0.6 is 0 Å². The van der Waals surface area contributed by atoms with Gasteiger partial charge in [0.25, 0.3) is 5.56 Å². The first-order chi connectivity index (χ1) is 12.8. The van der Waals surface area contributed by atoms with Gasteiger partial charge in [0, 0.05) is 38.0 Å². The first-order valence-corrected chi connectivity index (χ1v) is 9.63. The summed E-state index contributed by atoms with van der Waals surface area (Å²) >= 11 is 0. The third kappa shape index (κ3) is 3.17. The molecule has 3 heterocycles. The van der Waals surface area contributed by atoms with Crippen LogP contribution in [0.3, 0.4) is 0 Å². The van der Waals surface area contributed by atoms with E-state index in [2.05, 4.69) is 10.2 Å². The van der Waals surface area contributed by atoms with E-state index in [1.807, 2.05) is 0 Å². The van der Waals surface area contributed by atoms with E-state index in [9.17, 15) is 17.6 Å². The molecule has 1 fully saturated rings. The third-order valence-electron chi connectivity index (χ3n) is 4.44. The molecule has 0 bridgehead atoms. The number of nitrogens with zero attached hydrogens (tertiary/aromatic N) is 5. The zero-order valence-corrected chi connectivity index (χ0v) is 15.2. The highest BCUT2D eigenvalue weighted by molar-refractivity contribution is 7.89. The van der Waals surface area contributed by atoms with Crippen LogP contribution in [0.15, 0.2) is 58.5 Å². The van der Waals surface area contributed by atoms with Gasteiger partial charge in [-0.15, -0.1) is 0 Å². The number of benzene rings is 1. The van der Waals surface area contributed by atoms with Crippen LogP contribution in [-0.4, -0.2) is 45.4 Å². The van der Waals surface area contributed by atoms with Crippen molar-refractivity contribution in [2.75, 3.05) is 13.1 Å². The summed E-state index contributed by atoms with van der Waals surface area (Å²) < 4.78 is 42.5. The van der Waals surface area contributed by atoms with Gasteiger partial charge in [0.2, 0.25) is 10.0 Å². The lowest BCUT2D eigenvalue weighted by Crippen LogP contribution is -2.53. The monoisotopic (exact) mass is 389 g/mol. The molecule has 0 unspecified atom stereocenters. The third-order valence-corrected chi connectivity index (χ3v) is 6.22. The molecule has 0 aliphatic carbocycles. The molecule has 27 heavy (non-hydrogen) atoms. The summed E-state index contributed by atoms with van der Waals surface area (Å²) in [6.07, 6.45) is 2.72. The molecular formula is C17H16FN5O3S. The molecule has 1 saturated heterocycles. The second kappa shape index (κ2) is 6.39. The topological polar surface area (TPSA) is 90.1 Å². The molecule has 0 amide bonds. The predicted octanol–water partition coefficient (Wildman–Crippen LogP) is 1.03. The molecule has 1 aromatic carbocycles. The minimum Gasteiger partial charge on any atom is -0.274 e. The fourth-order valence-electron chi connectivity index (χ4n) is 2.94. The Kier molecular flexibility index (Phi) is 4.16. The van der Waals surface area contributed by atoms with E-state index in [0.29, 0.717) is 11.3 Å². The highest BCUT2D eigenvalue weighted by atomic mass is 32.2. The van der Waals surface area contributed by atoms with Crippen molar-refractivity contribution in [1.29, 1.82) is 0 Å². The second-order valence-corrected chi connectivity index (χ2v) is 8.28. The van der Waals surface area contributed by atoms with Gasteiger partial charge in [-0.1, -0.05) is 12.1 Å². The maximum absolute atomic E-state index is 13.4. The quantitative estimate of drug-likeness (QED) is 0.665. The lowest BCUT2D eigenvalue weighted by Gasteiger charge is -2.37. The normalized spacial score (nSPS) is 15.6. The van der Waals surface area contributed by atoms with E-state index in [-0.39, 0.29) is 29.6 Å². The van der Waals surface area contributed by atoms with Crippen LogP contribution in [0.2, 0.25) is 0 Å². The first-order valence-electron chi connectivity index (χ1n) is 8.19. The van der Waals surface area contributed by atoms with Crippen molar-refractivity contribution < 1.29 is 12.8 Å². The zero-order chi connectivity index (χ0) is 19.2. The Morgan fingerprint density at radius 2 is 1.96 bits per heavy atom. The standard InChI is InChI=1S/C17H16FN5O3S/c1-21-11-15(8-19-21)27(25,26)22-9-14(10-22)23-17(24)6-5-16(20-23)12-3-2-4-13(18)7-12/h2-8,11,14H,9-10H2,1H3. The van der Waals surface area contributed by atoms with Gasteiger partial charge in [0.1, 0.15) is 10.7 Å². The minimum absolute atomic E-state index is 0.109. The van der Waals surface area contributed by atoms with Gasteiger partial charge in [-0.2, -0.15) is 14.5 Å². The summed E-state index contributed by atoms with van der Waals surface area (Å²) in [4.78, 5) is 12.3. The molecule has 10 heteroatoms. The van der Waals surface area contributed by atoms with Gasteiger partial charge in [0.15, 0.2) is 0 Å². The van der Waals surface area contributed by atoms with Gasteiger partial charge < -0.3 is 0 Å². The predicted molar refractivity (Wildman–Crippen MR) is 94.9 cm³/mol. The Bertz CT molecular complexity index is 1170. The van der Waals surface area contributed by atoms with Crippen molar-refractivity contribution in [2.45, 2.75) is 10.9 Å². The number of hydrogen-bond acceptors (Lipinski definition) is 5. The first kappa shape index (κ1) is 17.6. The maximum Gasteiger partial charge on any atom is 0.267 e. The molecule has 4 rings (SSSR count). The van der Waals surface area contributed by atoms with E-state index in [4.69, 9.17) is 0 Å². The highest BCUT2D eigenvalue weighted by Gasteiger charge is 2.39. The summed E-state index contributed by atoms with van der Waals surface area (Å²) in [7, 11) is -2.01. The molecule has 1 aliphatic heterocycles. The van der Waals surface area contributed by atoms with Crippen LogP contribution < -0.4 is 5.56 Å². The molecule has 0 spiro atoms. The van der Waals surface area contributed by atoms with Gasteiger partial charge in [-0.05, 0) is 18.2 Å². The zero-order valence-electron chi connectivity index (χ0n) is 14.4. The Morgan fingerprint density at radius 3 is 2.63 bits per heavy atom. The molecule has 0 radical (unpaired) electrons. The largest absolute Gasteiger partial charge is 0.274 e. The van der Waals surface area contributed by atoms with E-state index >= 15 is 0 Å². The van der Waals surface area contributed by atoms with Gasteiger partial charge in [-0.25, -0.2) is 17.5 Å². The molecule has 0 N–H and O–H groups in total. The van der Waals surface area contributed by atoms with Gasteiger partial charge in [-0.3, -0.25) is 9.48 Å². The Labute approximate surface area is 154 Å².